The lowest BCUT2D eigenvalue weighted by atomic mass is 10.0. The average molecular weight is 538 g/mol. The fraction of sp³-hybridized carbons (Fsp3) is 0.654. The van der Waals surface area contributed by atoms with E-state index < -0.39 is 5.97 Å². The molecule has 0 radical (unpaired) electrons. The summed E-state index contributed by atoms with van der Waals surface area (Å²) in [6, 6.07) is 6.15. The Labute approximate surface area is 224 Å². The van der Waals surface area contributed by atoms with E-state index in [-0.39, 0.29) is 5.91 Å². The fourth-order valence-electron chi connectivity index (χ4n) is 3.77. The number of aliphatic carboxylic acids is 1. The molecule has 1 aromatic carbocycles. The van der Waals surface area contributed by atoms with E-state index in [9.17, 15) is 4.79 Å². The number of benzene rings is 1. The summed E-state index contributed by atoms with van der Waals surface area (Å²) in [4.78, 5) is 27.8. The minimum atomic E-state index is -0.833. The molecule has 0 aromatic heterocycles. The molecule has 38 heavy (non-hydrogen) atoms. The van der Waals surface area contributed by atoms with Crippen molar-refractivity contribution in [3.63, 3.8) is 0 Å². The smallest absolute Gasteiger partial charge is 0.300 e. The largest absolute Gasteiger partial charge is 0.494 e. The first kappa shape index (κ1) is 31.3. The van der Waals surface area contributed by atoms with Crippen LogP contribution in [0.1, 0.15) is 30.9 Å². The maximum atomic E-state index is 12.6. The van der Waals surface area contributed by atoms with Gasteiger partial charge < -0.3 is 45.3 Å². The molecular weight excluding hydrogens is 494 g/mol. The average Bonchev–Trinajstić information content (AvgIpc) is 3.36. The van der Waals surface area contributed by atoms with Crippen LogP contribution in [0.25, 0.3) is 0 Å². The third kappa shape index (κ3) is 13.6. The SMILES string of the molecule is CC(=O)O.NCCOCCOCCOCCN1Cc2cc(OCCCNC3=NCCN3)ccc2CCC1=O. The summed E-state index contributed by atoms with van der Waals surface area (Å²) >= 11 is 0. The van der Waals surface area contributed by atoms with Crippen LogP contribution >= 0.6 is 0 Å². The lowest BCUT2D eigenvalue weighted by Crippen LogP contribution is -2.34. The summed E-state index contributed by atoms with van der Waals surface area (Å²) in [6.45, 7) is 9.00. The van der Waals surface area contributed by atoms with Crippen molar-refractivity contribution >= 4 is 17.8 Å². The molecule has 214 valence electrons. The van der Waals surface area contributed by atoms with Gasteiger partial charge in [-0.15, -0.1) is 0 Å². The lowest BCUT2D eigenvalue weighted by Gasteiger charge is -2.21. The second-order valence-electron chi connectivity index (χ2n) is 8.68. The number of aliphatic imine (C=N–C) groups is 1. The zero-order valence-electron chi connectivity index (χ0n) is 22.4. The van der Waals surface area contributed by atoms with Crippen LogP contribution in [0.15, 0.2) is 23.2 Å². The third-order valence-electron chi connectivity index (χ3n) is 5.57. The van der Waals surface area contributed by atoms with E-state index in [0.717, 1.165) is 56.7 Å². The number of carboxylic acids is 1. The van der Waals surface area contributed by atoms with Gasteiger partial charge in [0.05, 0.1) is 52.8 Å². The number of nitrogens with one attached hydrogen (secondary N) is 2. The predicted molar refractivity (Wildman–Crippen MR) is 143 cm³/mol. The van der Waals surface area contributed by atoms with Gasteiger partial charge in [-0.05, 0) is 36.1 Å². The molecule has 3 rings (SSSR count). The van der Waals surface area contributed by atoms with E-state index in [1.807, 2.05) is 11.0 Å². The Morgan fingerprint density at radius 3 is 2.47 bits per heavy atom. The quantitative estimate of drug-likeness (QED) is 0.217. The summed E-state index contributed by atoms with van der Waals surface area (Å²) < 4.78 is 22.3. The summed E-state index contributed by atoms with van der Waals surface area (Å²) in [5.41, 5.74) is 7.71. The topological polar surface area (TPSA) is 157 Å². The van der Waals surface area contributed by atoms with Crippen LogP contribution in [0.5, 0.6) is 5.75 Å². The third-order valence-corrected chi connectivity index (χ3v) is 5.57. The van der Waals surface area contributed by atoms with Crippen molar-refractivity contribution in [2.75, 3.05) is 79.0 Å². The van der Waals surface area contributed by atoms with Crippen molar-refractivity contribution in [2.45, 2.75) is 32.7 Å². The highest BCUT2D eigenvalue weighted by molar-refractivity contribution is 5.81. The number of ether oxygens (including phenoxy) is 4. The number of guanidine groups is 1. The number of nitrogens with zero attached hydrogens (tertiary/aromatic N) is 2. The molecule has 0 fully saturated rings. The molecule has 2 heterocycles. The number of nitrogens with two attached hydrogens (primary N) is 1. The molecule has 12 heteroatoms. The molecule has 0 bridgehead atoms. The molecule has 2 aliphatic rings. The standard InChI is InChI=1S/C24H39N5O5.C2H4O2/c25-6-12-31-14-16-33-17-15-32-13-10-29-19-21-18-22(4-2-20(21)3-5-23(29)30)34-11-1-7-26-24-27-8-9-28-24;1-2(3)4/h2,4,18H,1,3,5-17,19,25H2,(H2,26,27,28);1H3,(H,3,4). The van der Waals surface area contributed by atoms with Gasteiger partial charge in [-0.25, -0.2) is 0 Å². The Balaban J connectivity index is 0.00000118. The van der Waals surface area contributed by atoms with Crippen LogP contribution in [0.4, 0.5) is 0 Å². The normalized spacial score (nSPS) is 14.5. The Hall–Kier alpha value is -2.93. The van der Waals surface area contributed by atoms with Crippen molar-refractivity contribution in [3.8, 4) is 5.75 Å². The zero-order chi connectivity index (χ0) is 27.4. The highest BCUT2D eigenvalue weighted by Crippen LogP contribution is 2.24. The highest BCUT2D eigenvalue weighted by Gasteiger charge is 2.20. The molecule has 0 atom stereocenters. The van der Waals surface area contributed by atoms with Gasteiger partial charge >= 0.3 is 0 Å². The van der Waals surface area contributed by atoms with Gasteiger partial charge in [0.15, 0.2) is 5.96 Å². The highest BCUT2D eigenvalue weighted by atomic mass is 16.5. The van der Waals surface area contributed by atoms with Gasteiger partial charge in [-0.2, -0.15) is 0 Å². The number of hydrogen-bond acceptors (Lipinski definition) is 10. The molecule has 1 aromatic rings. The first-order valence-electron chi connectivity index (χ1n) is 13.2. The minimum Gasteiger partial charge on any atom is -0.494 e. The number of carboxylic acid groups (broad SMARTS) is 1. The van der Waals surface area contributed by atoms with Crippen molar-refractivity contribution in [3.05, 3.63) is 29.3 Å². The first-order chi connectivity index (χ1) is 18.5. The molecule has 2 aliphatic heterocycles. The molecule has 0 unspecified atom stereocenters. The summed E-state index contributed by atoms with van der Waals surface area (Å²) in [5.74, 6) is 1.04. The molecule has 12 nitrogen and oxygen atoms in total. The summed E-state index contributed by atoms with van der Waals surface area (Å²) in [7, 11) is 0. The van der Waals surface area contributed by atoms with E-state index >= 15 is 0 Å². The summed E-state index contributed by atoms with van der Waals surface area (Å²) in [6.07, 6.45) is 2.15. The molecule has 0 saturated heterocycles. The zero-order valence-corrected chi connectivity index (χ0v) is 22.4. The Morgan fingerprint density at radius 1 is 1.08 bits per heavy atom. The van der Waals surface area contributed by atoms with Gasteiger partial charge in [-0.1, -0.05) is 6.07 Å². The van der Waals surface area contributed by atoms with E-state index in [1.54, 1.807) is 0 Å². The van der Waals surface area contributed by atoms with Crippen LogP contribution in [0.3, 0.4) is 0 Å². The van der Waals surface area contributed by atoms with Crippen molar-refractivity contribution in [2.24, 2.45) is 10.7 Å². The lowest BCUT2D eigenvalue weighted by molar-refractivity contribution is -0.134. The number of aryl methyl sites for hydroxylation is 1. The number of fused-ring (bicyclic) bond motifs is 1. The van der Waals surface area contributed by atoms with Gasteiger partial charge in [0.25, 0.3) is 5.97 Å². The van der Waals surface area contributed by atoms with Gasteiger partial charge in [0.2, 0.25) is 5.91 Å². The van der Waals surface area contributed by atoms with Crippen molar-refractivity contribution in [1.29, 1.82) is 0 Å². The molecule has 0 saturated carbocycles. The van der Waals surface area contributed by atoms with Crippen LogP contribution in [-0.4, -0.2) is 107 Å². The van der Waals surface area contributed by atoms with Gasteiger partial charge in [0.1, 0.15) is 5.75 Å². The number of carbonyl (C=O) groups excluding carboxylic acids is 1. The van der Waals surface area contributed by atoms with E-state index in [2.05, 4.69) is 27.8 Å². The molecule has 0 aliphatic carbocycles. The minimum absolute atomic E-state index is 0.157. The van der Waals surface area contributed by atoms with E-state index in [1.165, 1.54) is 5.56 Å². The summed E-state index contributed by atoms with van der Waals surface area (Å²) in [5, 5.41) is 13.9. The number of amides is 1. The number of carbonyl (C=O) groups is 2. The van der Waals surface area contributed by atoms with Crippen LogP contribution in [0, 0.1) is 0 Å². The molecular formula is C26H43N5O7. The number of hydrogen-bond donors (Lipinski definition) is 4. The predicted octanol–water partition coefficient (Wildman–Crippen LogP) is 0.379. The second-order valence-corrected chi connectivity index (χ2v) is 8.68. The molecule has 0 spiro atoms. The second kappa shape index (κ2) is 19.2. The van der Waals surface area contributed by atoms with E-state index in [4.69, 9.17) is 34.6 Å². The van der Waals surface area contributed by atoms with Gasteiger partial charge in [-0.3, -0.25) is 14.6 Å². The monoisotopic (exact) mass is 537 g/mol. The van der Waals surface area contributed by atoms with Crippen molar-refractivity contribution < 1.29 is 33.6 Å². The number of rotatable bonds is 16. The maximum Gasteiger partial charge on any atom is 0.300 e. The Morgan fingerprint density at radius 2 is 1.79 bits per heavy atom. The van der Waals surface area contributed by atoms with Crippen LogP contribution in [-0.2, 0) is 36.8 Å². The Kier molecular flexibility index (Phi) is 15.8. The van der Waals surface area contributed by atoms with Crippen LogP contribution < -0.4 is 21.1 Å². The molecule has 1 amide bonds. The van der Waals surface area contributed by atoms with Gasteiger partial charge in [0, 0.05) is 46.1 Å². The maximum absolute atomic E-state index is 12.6. The molecule has 5 N–H and O–H groups in total. The first-order valence-corrected chi connectivity index (χ1v) is 13.2. The van der Waals surface area contributed by atoms with E-state index in [0.29, 0.717) is 72.3 Å². The van der Waals surface area contributed by atoms with Crippen LogP contribution in [0.2, 0.25) is 0 Å². The Bertz CT molecular complexity index is 864. The fourth-order valence-corrected chi connectivity index (χ4v) is 3.77. The van der Waals surface area contributed by atoms with Crippen molar-refractivity contribution in [1.82, 2.24) is 15.5 Å².